The molecule has 2 aromatic rings. The summed E-state index contributed by atoms with van der Waals surface area (Å²) in [6.07, 6.45) is 8.53. The van der Waals surface area contributed by atoms with Gasteiger partial charge in [0.2, 0.25) is 0 Å². The molecular formula is C32H32O. The van der Waals surface area contributed by atoms with Crippen LogP contribution in [0.25, 0.3) is 0 Å². The van der Waals surface area contributed by atoms with Crippen LogP contribution in [0.4, 0.5) is 0 Å². The van der Waals surface area contributed by atoms with Crippen molar-refractivity contribution in [2.45, 2.75) is 51.9 Å². The van der Waals surface area contributed by atoms with Gasteiger partial charge in [0.1, 0.15) is 5.75 Å². The van der Waals surface area contributed by atoms with Crippen LogP contribution in [0.5, 0.6) is 5.75 Å². The number of methoxy groups -OCH3 is 1. The number of allylic oxidation sites excluding steroid dienone is 3. The van der Waals surface area contributed by atoms with Crippen molar-refractivity contribution in [3.8, 4) is 29.4 Å². The molecule has 0 spiro atoms. The van der Waals surface area contributed by atoms with Crippen LogP contribution >= 0.6 is 0 Å². The Bertz CT molecular complexity index is 1240. The molecule has 0 heterocycles. The third-order valence-corrected chi connectivity index (χ3v) is 8.16. The summed E-state index contributed by atoms with van der Waals surface area (Å²) in [6.45, 7) is 8.42. The second kappa shape index (κ2) is 8.65. The van der Waals surface area contributed by atoms with E-state index in [9.17, 15) is 0 Å². The number of benzene rings is 2. The first-order chi connectivity index (χ1) is 16.0. The highest BCUT2D eigenvalue weighted by atomic mass is 16.5. The molecule has 2 aromatic carbocycles. The van der Waals surface area contributed by atoms with E-state index in [1.807, 2.05) is 31.2 Å². The van der Waals surface area contributed by atoms with Crippen molar-refractivity contribution < 1.29 is 4.74 Å². The third-order valence-electron chi connectivity index (χ3n) is 8.16. The Balaban J connectivity index is 1.35. The van der Waals surface area contributed by atoms with Gasteiger partial charge >= 0.3 is 0 Å². The Kier molecular flexibility index (Phi) is 5.68. The zero-order valence-corrected chi connectivity index (χ0v) is 20.0. The summed E-state index contributed by atoms with van der Waals surface area (Å²) in [5, 5.41) is 0. The lowest BCUT2D eigenvalue weighted by atomic mass is 9.54. The molecular weight excluding hydrogens is 400 g/mol. The fourth-order valence-corrected chi connectivity index (χ4v) is 6.41. The summed E-state index contributed by atoms with van der Waals surface area (Å²) in [5.74, 6) is 16.4. The molecule has 0 aliphatic heterocycles. The zero-order valence-electron chi connectivity index (χ0n) is 20.0. The SMILES string of the molecule is C=C(C)C#CC1=CC[C@H]2[C@@H]3CCc4cc(C#Cc5ccc(OC)cc5)ccc4[C@H]3CC[C@]12C. The lowest BCUT2D eigenvalue weighted by Crippen LogP contribution is -2.41. The molecule has 5 rings (SSSR count). The lowest BCUT2D eigenvalue weighted by Gasteiger charge is -2.49. The van der Waals surface area contributed by atoms with Crippen LogP contribution in [0.1, 0.15) is 67.7 Å². The van der Waals surface area contributed by atoms with Gasteiger partial charge in [-0.2, -0.15) is 0 Å². The second-order valence-corrected chi connectivity index (χ2v) is 10.1. The molecule has 3 aliphatic carbocycles. The molecule has 33 heavy (non-hydrogen) atoms. The maximum Gasteiger partial charge on any atom is 0.118 e. The van der Waals surface area contributed by atoms with Gasteiger partial charge in [-0.3, -0.25) is 0 Å². The molecule has 3 aliphatic rings. The van der Waals surface area contributed by atoms with Crippen molar-refractivity contribution in [1.82, 2.24) is 0 Å². The van der Waals surface area contributed by atoms with Gasteiger partial charge in [-0.05, 0) is 110 Å². The molecule has 0 N–H and O–H groups in total. The van der Waals surface area contributed by atoms with Crippen LogP contribution in [0.2, 0.25) is 0 Å². The zero-order chi connectivity index (χ0) is 23.0. The molecule has 4 atom stereocenters. The van der Waals surface area contributed by atoms with Crippen LogP contribution in [0.15, 0.2) is 66.3 Å². The molecule has 0 unspecified atom stereocenters. The van der Waals surface area contributed by atoms with Gasteiger partial charge in [0.25, 0.3) is 0 Å². The van der Waals surface area contributed by atoms with E-state index in [-0.39, 0.29) is 5.41 Å². The van der Waals surface area contributed by atoms with Gasteiger partial charge in [0, 0.05) is 22.1 Å². The van der Waals surface area contributed by atoms with Crippen molar-refractivity contribution in [3.05, 3.63) is 88.5 Å². The summed E-state index contributed by atoms with van der Waals surface area (Å²) in [7, 11) is 1.69. The minimum Gasteiger partial charge on any atom is -0.497 e. The molecule has 1 nitrogen and oxygen atoms in total. The Hall–Kier alpha value is -3.16. The normalized spacial score (nSPS) is 26.9. The van der Waals surface area contributed by atoms with Gasteiger partial charge in [-0.1, -0.05) is 49.3 Å². The Morgan fingerprint density at radius 1 is 1.03 bits per heavy atom. The molecule has 1 saturated carbocycles. The minimum absolute atomic E-state index is 0.241. The van der Waals surface area contributed by atoms with E-state index in [1.54, 1.807) is 12.7 Å². The van der Waals surface area contributed by atoms with Crippen molar-refractivity contribution in [3.63, 3.8) is 0 Å². The lowest BCUT2D eigenvalue weighted by molar-refractivity contribution is 0.0781. The maximum atomic E-state index is 5.24. The Morgan fingerprint density at radius 2 is 1.79 bits per heavy atom. The smallest absolute Gasteiger partial charge is 0.118 e. The van der Waals surface area contributed by atoms with Crippen LogP contribution < -0.4 is 4.74 Å². The number of hydrogen-bond donors (Lipinski definition) is 0. The number of aryl methyl sites for hydroxylation is 1. The minimum atomic E-state index is 0.241. The molecule has 0 bridgehead atoms. The summed E-state index contributed by atoms with van der Waals surface area (Å²) in [4.78, 5) is 0. The standard InChI is InChI=1S/C32H32O/c1-22(2)5-12-26-13-18-31-30-17-11-25-21-24(7-6-23-8-14-27(33-4)15-9-23)10-16-28(25)29(30)19-20-32(26,31)3/h8-10,13-16,21,29-31H,1,11,17-20H2,2-4H3/t29-,30-,31+,32-/m1/s1. The predicted molar refractivity (Wildman–Crippen MR) is 136 cm³/mol. The molecule has 0 aromatic heterocycles. The van der Waals surface area contributed by atoms with E-state index in [4.69, 9.17) is 4.74 Å². The van der Waals surface area contributed by atoms with E-state index < -0.39 is 0 Å². The number of ether oxygens (including phenoxy) is 1. The fourth-order valence-electron chi connectivity index (χ4n) is 6.41. The molecule has 0 amide bonds. The van der Waals surface area contributed by atoms with Crippen LogP contribution in [0, 0.1) is 40.9 Å². The van der Waals surface area contributed by atoms with Crippen LogP contribution in [-0.4, -0.2) is 7.11 Å². The van der Waals surface area contributed by atoms with E-state index in [1.165, 1.54) is 36.8 Å². The van der Waals surface area contributed by atoms with Gasteiger partial charge in [-0.25, -0.2) is 0 Å². The molecule has 166 valence electrons. The third kappa shape index (κ3) is 4.03. The largest absolute Gasteiger partial charge is 0.497 e. The average molecular weight is 433 g/mol. The fraction of sp³-hybridized carbons (Fsp3) is 0.375. The molecule has 0 radical (unpaired) electrons. The maximum absolute atomic E-state index is 5.24. The van der Waals surface area contributed by atoms with Crippen molar-refractivity contribution >= 4 is 0 Å². The van der Waals surface area contributed by atoms with Crippen molar-refractivity contribution in [2.75, 3.05) is 7.11 Å². The Morgan fingerprint density at radius 3 is 2.55 bits per heavy atom. The second-order valence-electron chi connectivity index (χ2n) is 10.1. The number of rotatable bonds is 1. The molecule has 0 saturated heterocycles. The highest BCUT2D eigenvalue weighted by Crippen LogP contribution is 2.60. The average Bonchev–Trinajstić information content (AvgIpc) is 3.17. The van der Waals surface area contributed by atoms with Crippen LogP contribution in [-0.2, 0) is 6.42 Å². The number of fused-ring (bicyclic) bond motifs is 5. The van der Waals surface area contributed by atoms with E-state index in [0.717, 1.165) is 34.8 Å². The Labute approximate surface area is 199 Å². The highest BCUT2D eigenvalue weighted by Gasteiger charge is 2.51. The van der Waals surface area contributed by atoms with Gasteiger partial charge in [0.05, 0.1) is 7.11 Å². The predicted octanol–water partition coefficient (Wildman–Crippen LogP) is 7.07. The summed E-state index contributed by atoms with van der Waals surface area (Å²) >= 11 is 0. The van der Waals surface area contributed by atoms with Gasteiger partial charge in [0.15, 0.2) is 0 Å². The van der Waals surface area contributed by atoms with Gasteiger partial charge in [-0.15, -0.1) is 0 Å². The quantitative estimate of drug-likeness (QED) is 0.438. The molecule has 1 heteroatoms. The topological polar surface area (TPSA) is 9.23 Å². The van der Waals surface area contributed by atoms with Crippen molar-refractivity contribution in [2.24, 2.45) is 17.3 Å². The van der Waals surface area contributed by atoms with Crippen LogP contribution in [0.3, 0.4) is 0 Å². The van der Waals surface area contributed by atoms with Gasteiger partial charge < -0.3 is 4.74 Å². The first-order valence-corrected chi connectivity index (χ1v) is 12.1. The summed E-state index contributed by atoms with van der Waals surface area (Å²) in [6, 6.07) is 14.9. The van der Waals surface area contributed by atoms with E-state index >= 15 is 0 Å². The highest BCUT2D eigenvalue weighted by molar-refractivity contribution is 5.49. The van der Waals surface area contributed by atoms with E-state index in [2.05, 4.69) is 61.5 Å². The van der Waals surface area contributed by atoms with Crippen molar-refractivity contribution in [1.29, 1.82) is 0 Å². The summed E-state index contributed by atoms with van der Waals surface area (Å²) < 4.78 is 5.24. The van der Waals surface area contributed by atoms with E-state index in [0.29, 0.717) is 11.8 Å². The number of hydrogen-bond acceptors (Lipinski definition) is 1. The summed E-state index contributed by atoms with van der Waals surface area (Å²) in [5.41, 5.74) is 7.77. The first kappa shape index (κ1) is 21.7. The molecule has 1 fully saturated rings. The monoisotopic (exact) mass is 432 g/mol. The first-order valence-electron chi connectivity index (χ1n) is 12.1.